The van der Waals surface area contributed by atoms with Gasteiger partial charge in [0.05, 0.1) is 10.6 Å². The van der Waals surface area contributed by atoms with E-state index in [1.807, 2.05) is 30.3 Å². The summed E-state index contributed by atoms with van der Waals surface area (Å²) >= 11 is 0. The quantitative estimate of drug-likeness (QED) is 0.292. The van der Waals surface area contributed by atoms with Crippen LogP contribution in [0, 0.1) is 5.41 Å². The number of anilines is 2. The van der Waals surface area contributed by atoms with Crippen LogP contribution in [0.2, 0.25) is 0 Å². The van der Waals surface area contributed by atoms with Crippen molar-refractivity contribution >= 4 is 51.1 Å². The Hall–Kier alpha value is -2.39. The zero-order chi connectivity index (χ0) is 17.9. The Labute approximate surface area is 169 Å². The molecule has 7 heteroatoms. The highest BCUT2D eigenvalue weighted by Gasteiger charge is 2.15. The van der Waals surface area contributed by atoms with E-state index in [0.29, 0.717) is 22.5 Å². The van der Waals surface area contributed by atoms with Gasteiger partial charge in [-0.1, -0.05) is 48.5 Å². The fraction of sp³-hybridized carbons (Fsp3) is 0. The summed E-state index contributed by atoms with van der Waals surface area (Å²) in [6.45, 7) is 0. The molecule has 0 fully saturated rings. The normalized spacial score (nSPS) is 10.6. The van der Waals surface area contributed by atoms with E-state index in [1.54, 1.807) is 36.4 Å². The van der Waals surface area contributed by atoms with Gasteiger partial charge in [-0.3, -0.25) is 10.1 Å². The molecule has 0 saturated heterocycles. The minimum absolute atomic E-state index is 0. The van der Waals surface area contributed by atoms with Gasteiger partial charge in [-0.15, -0.1) is 24.0 Å². The second-order valence-electron chi connectivity index (χ2n) is 5.46. The largest absolute Gasteiger partial charge is 0.398 e. The first-order chi connectivity index (χ1) is 12.0. The third-order valence-electron chi connectivity index (χ3n) is 3.69. The molecule has 3 aromatic carbocycles. The van der Waals surface area contributed by atoms with Crippen LogP contribution in [0.15, 0.2) is 83.8 Å². The summed E-state index contributed by atoms with van der Waals surface area (Å²) in [6.07, 6.45) is 0. The number of nitrogens with two attached hydrogens (primary N) is 1. The minimum Gasteiger partial charge on any atom is -0.398 e. The van der Waals surface area contributed by atoms with Crippen LogP contribution in [0.5, 0.6) is 0 Å². The summed E-state index contributed by atoms with van der Waals surface area (Å²) in [5.41, 5.74) is 8.17. The van der Waals surface area contributed by atoms with Gasteiger partial charge < -0.3 is 5.73 Å². The van der Waals surface area contributed by atoms with Crippen LogP contribution in [0.4, 0.5) is 11.4 Å². The Balaban J connectivity index is 0.00000243. The molecule has 134 valence electrons. The molecule has 4 N–H and O–H groups in total. The fourth-order valence-corrected chi connectivity index (χ4v) is 3.48. The lowest BCUT2D eigenvalue weighted by atomic mass is 10.0. The number of hydrogen-bond donors (Lipinski definition) is 3. The van der Waals surface area contributed by atoms with Crippen LogP contribution < -0.4 is 10.5 Å². The number of hydrogen-bond acceptors (Lipinski definition) is 4. The predicted octanol–water partition coefficient (Wildman–Crippen LogP) is 4.10. The van der Waals surface area contributed by atoms with Crippen LogP contribution >= 0.6 is 24.0 Å². The Morgan fingerprint density at radius 3 is 2.08 bits per heavy atom. The van der Waals surface area contributed by atoms with Crippen molar-refractivity contribution in [3.05, 3.63) is 90.0 Å². The van der Waals surface area contributed by atoms with E-state index in [4.69, 9.17) is 11.1 Å². The van der Waals surface area contributed by atoms with E-state index in [2.05, 4.69) is 4.72 Å². The molecule has 0 radical (unpaired) electrons. The van der Waals surface area contributed by atoms with Gasteiger partial charge in [0.25, 0.3) is 10.0 Å². The van der Waals surface area contributed by atoms with E-state index >= 15 is 0 Å². The standard InChI is InChI=1S/C19H17N3O2S.HI/c20-18-12-11-15(22-25(23,24)16-9-5-2-6-10-16)13-17(18)19(21)14-7-3-1-4-8-14;/h1-13,21-22H,20H2;1H. The summed E-state index contributed by atoms with van der Waals surface area (Å²) in [6, 6.07) is 22.0. The number of benzene rings is 3. The second kappa shape index (κ2) is 8.33. The third-order valence-corrected chi connectivity index (χ3v) is 5.09. The fourth-order valence-electron chi connectivity index (χ4n) is 2.41. The Kier molecular flexibility index (Phi) is 6.38. The molecule has 3 aromatic rings. The number of halogens is 1. The lowest BCUT2D eigenvalue weighted by Crippen LogP contribution is -2.14. The van der Waals surface area contributed by atoms with Gasteiger partial charge >= 0.3 is 0 Å². The summed E-state index contributed by atoms with van der Waals surface area (Å²) in [5.74, 6) is 0. The molecule has 0 spiro atoms. The van der Waals surface area contributed by atoms with Crippen molar-refractivity contribution in [3.8, 4) is 0 Å². The lowest BCUT2D eigenvalue weighted by Gasteiger charge is -2.12. The number of rotatable bonds is 5. The van der Waals surface area contributed by atoms with Crippen molar-refractivity contribution in [1.82, 2.24) is 0 Å². The van der Waals surface area contributed by atoms with Gasteiger partial charge in [-0.05, 0) is 30.3 Å². The average Bonchev–Trinajstić information content (AvgIpc) is 2.64. The Morgan fingerprint density at radius 1 is 0.885 bits per heavy atom. The smallest absolute Gasteiger partial charge is 0.261 e. The minimum atomic E-state index is -3.69. The molecular weight excluding hydrogens is 461 g/mol. The Morgan fingerprint density at radius 2 is 1.46 bits per heavy atom. The molecule has 5 nitrogen and oxygen atoms in total. The summed E-state index contributed by atoms with van der Waals surface area (Å²) < 4.78 is 27.4. The number of nitrogen functional groups attached to an aromatic ring is 1. The van der Waals surface area contributed by atoms with E-state index in [0.717, 1.165) is 0 Å². The second-order valence-corrected chi connectivity index (χ2v) is 7.14. The van der Waals surface area contributed by atoms with Crippen molar-refractivity contribution < 1.29 is 8.42 Å². The molecule has 26 heavy (non-hydrogen) atoms. The summed E-state index contributed by atoms with van der Waals surface area (Å²) in [4.78, 5) is 0.173. The summed E-state index contributed by atoms with van der Waals surface area (Å²) in [5, 5.41) is 8.35. The zero-order valence-electron chi connectivity index (χ0n) is 13.7. The van der Waals surface area contributed by atoms with E-state index < -0.39 is 10.0 Å². The number of sulfonamides is 1. The van der Waals surface area contributed by atoms with E-state index in [-0.39, 0.29) is 34.6 Å². The maximum Gasteiger partial charge on any atom is 0.261 e. The van der Waals surface area contributed by atoms with Crippen LogP contribution in [0.1, 0.15) is 11.1 Å². The van der Waals surface area contributed by atoms with E-state index in [1.165, 1.54) is 12.1 Å². The molecule has 0 bridgehead atoms. The van der Waals surface area contributed by atoms with Crippen LogP contribution in [-0.2, 0) is 10.0 Å². The first kappa shape index (κ1) is 19.9. The van der Waals surface area contributed by atoms with Gasteiger partial charge in [0.1, 0.15) is 0 Å². The molecule has 0 atom stereocenters. The molecule has 0 unspecified atom stereocenters. The topological polar surface area (TPSA) is 96.0 Å². The van der Waals surface area contributed by atoms with Gasteiger partial charge in [0, 0.05) is 22.5 Å². The predicted molar refractivity (Wildman–Crippen MR) is 116 cm³/mol. The molecule has 0 heterocycles. The zero-order valence-corrected chi connectivity index (χ0v) is 16.9. The highest BCUT2D eigenvalue weighted by Crippen LogP contribution is 2.23. The SMILES string of the molecule is I.N=C(c1ccccc1)c1cc(NS(=O)(=O)c2ccccc2)ccc1N. The van der Waals surface area contributed by atoms with Gasteiger partial charge in [-0.2, -0.15) is 0 Å². The molecule has 0 saturated carbocycles. The van der Waals surface area contributed by atoms with Gasteiger partial charge in [-0.25, -0.2) is 8.42 Å². The van der Waals surface area contributed by atoms with Crippen LogP contribution in [0.3, 0.4) is 0 Å². The Bertz CT molecular complexity index is 1010. The van der Waals surface area contributed by atoms with Gasteiger partial charge in [0.15, 0.2) is 0 Å². The van der Waals surface area contributed by atoms with Crippen LogP contribution in [-0.4, -0.2) is 14.1 Å². The highest BCUT2D eigenvalue weighted by atomic mass is 127. The van der Waals surface area contributed by atoms with Crippen molar-refractivity contribution in [1.29, 1.82) is 5.41 Å². The molecule has 0 aliphatic carbocycles. The number of nitrogens with one attached hydrogen (secondary N) is 2. The van der Waals surface area contributed by atoms with Gasteiger partial charge in [0.2, 0.25) is 0 Å². The average molecular weight is 479 g/mol. The molecule has 0 aliphatic heterocycles. The lowest BCUT2D eigenvalue weighted by molar-refractivity contribution is 0.601. The highest BCUT2D eigenvalue weighted by molar-refractivity contribution is 14.0. The first-order valence-electron chi connectivity index (χ1n) is 7.59. The van der Waals surface area contributed by atoms with Crippen LogP contribution in [0.25, 0.3) is 0 Å². The monoisotopic (exact) mass is 479 g/mol. The maximum absolute atomic E-state index is 12.4. The maximum atomic E-state index is 12.4. The molecule has 0 aromatic heterocycles. The molecule has 0 aliphatic rings. The molecule has 0 amide bonds. The molecular formula is C19H18IN3O2S. The third kappa shape index (κ3) is 4.41. The molecule has 3 rings (SSSR count). The van der Waals surface area contributed by atoms with Crippen molar-refractivity contribution in [2.75, 3.05) is 10.5 Å². The first-order valence-corrected chi connectivity index (χ1v) is 9.07. The van der Waals surface area contributed by atoms with Crippen molar-refractivity contribution in [2.45, 2.75) is 4.90 Å². The summed E-state index contributed by atoms with van der Waals surface area (Å²) in [7, 11) is -3.69. The van der Waals surface area contributed by atoms with E-state index in [9.17, 15) is 8.42 Å². The van der Waals surface area contributed by atoms with Crippen molar-refractivity contribution in [2.24, 2.45) is 0 Å². The van der Waals surface area contributed by atoms with Crippen molar-refractivity contribution in [3.63, 3.8) is 0 Å².